The van der Waals surface area contributed by atoms with Gasteiger partial charge in [-0.25, -0.2) is 9.97 Å². The Bertz CT molecular complexity index is 3510. The number of para-hydroxylation sites is 3. The minimum Gasteiger partial charge on any atom is -0.309 e. The van der Waals surface area contributed by atoms with E-state index in [2.05, 4.69) is 203 Å². The lowest BCUT2D eigenvalue weighted by Gasteiger charge is -2.12. The van der Waals surface area contributed by atoms with Crippen molar-refractivity contribution in [2.75, 3.05) is 0 Å². The fourth-order valence-electron chi connectivity index (χ4n) is 8.86. The third kappa shape index (κ3) is 4.86. The Kier molecular flexibility index (Phi) is 7.06. The van der Waals surface area contributed by atoms with Crippen LogP contribution in [0.2, 0.25) is 0 Å². The van der Waals surface area contributed by atoms with Crippen LogP contribution in [0.15, 0.2) is 194 Å². The van der Waals surface area contributed by atoms with Gasteiger partial charge < -0.3 is 4.57 Å². The second-order valence-corrected chi connectivity index (χ2v) is 15.6. The van der Waals surface area contributed by atoms with Gasteiger partial charge in [0.05, 0.1) is 27.6 Å². The molecule has 8 aromatic carbocycles. The van der Waals surface area contributed by atoms with E-state index in [-0.39, 0.29) is 0 Å². The SMILES string of the molecule is c1ccc(-c2ccc3c(c2)c2c(-c4nc(-c5cccc6c5sc5ccccc56)c5c6ccccc6n(-c6ccccc6)c5n4)cccc2n3-c2ccccc2)cc1. The fraction of sp³-hybridized carbons (Fsp3) is 0. The van der Waals surface area contributed by atoms with E-state index in [1.165, 1.54) is 31.3 Å². The molecule has 0 saturated carbocycles. The molecule has 5 heteroatoms. The molecule has 266 valence electrons. The van der Waals surface area contributed by atoms with Crippen LogP contribution in [-0.2, 0) is 0 Å². The quantitative estimate of drug-likeness (QED) is 0.176. The van der Waals surface area contributed by atoms with Gasteiger partial charge in [0.15, 0.2) is 5.82 Å². The maximum atomic E-state index is 5.71. The molecule has 12 rings (SSSR count). The van der Waals surface area contributed by atoms with Gasteiger partial charge in [0.1, 0.15) is 5.65 Å². The van der Waals surface area contributed by atoms with Crippen molar-refractivity contribution in [3.63, 3.8) is 0 Å². The first kappa shape index (κ1) is 32.0. The third-order valence-electron chi connectivity index (χ3n) is 11.3. The molecule has 4 heterocycles. The van der Waals surface area contributed by atoms with Crippen molar-refractivity contribution in [2.45, 2.75) is 0 Å². The topological polar surface area (TPSA) is 35.6 Å². The van der Waals surface area contributed by atoms with Gasteiger partial charge in [-0.1, -0.05) is 140 Å². The Morgan fingerprint density at radius 3 is 1.81 bits per heavy atom. The van der Waals surface area contributed by atoms with Gasteiger partial charge in [0.25, 0.3) is 0 Å². The summed E-state index contributed by atoms with van der Waals surface area (Å²) in [5, 5.41) is 6.97. The molecule has 0 aliphatic rings. The number of aromatic nitrogens is 4. The van der Waals surface area contributed by atoms with Crippen LogP contribution in [0.25, 0.3) is 109 Å². The number of benzene rings is 8. The molecule has 0 bridgehead atoms. The average Bonchev–Trinajstić information content (AvgIpc) is 3.94. The molecule has 0 N–H and O–H groups in total. The van der Waals surface area contributed by atoms with Gasteiger partial charge in [-0.15, -0.1) is 11.3 Å². The van der Waals surface area contributed by atoms with Gasteiger partial charge in [-0.3, -0.25) is 4.57 Å². The molecule has 0 aliphatic carbocycles. The van der Waals surface area contributed by atoms with Gasteiger partial charge in [-0.05, 0) is 65.7 Å². The number of fused-ring (bicyclic) bond motifs is 9. The summed E-state index contributed by atoms with van der Waals surface area (Å²) in [7, 11) is 0. The Hall–Kier alpha value is -7.34. The van der Waals surface area contributed by atoms with E-state index in [0.29, 0.717) is 5.82 Å². The highest BCUT2D eigenvalue weighted by Gasteiger charge is 2.25. The lowest BCUT2D eigenvalue weighted by molar-refractivity contribution is 1.12. The first-order valence-electron chi connectivity index (χ1n) is 19.3. The molecular weight excluding hydrogens is 713 g/mol. The fourth-order valence-corrected chi connectivity index (χ4v) is 10.1. The van der Waals surface area contributed by atoms with Gasteiger partial charge in [-0.2, -0.15) is 0 Å². The standard InChI is InChI=1S/C52H32N4S/c1-4-16-33(17-5-1)34-30-31-44-42(32-34)47-40(25-15-28-45(47)55(44)35-18-6-2-7-19-35)51-53-49(41-26-14-24-38-37-22-11-13-29-46(37)57-50(38)41)48-39-23-10-12-27-43(39)56(52(48)54-51)36-20-8-3-9-21-36/h1-32H. The highest BCUT2D eigenvalue weighted by atomic mass is 32.1. The van der Waals surface area contributed by atoms with Crippen molar-refractivity contribution in [1.29, 1.82) is 0 Å². The largest absolute Gasteiger partial charge is 0.309 e. The number of rotatable bonds is 5. The zero-order chi connectivity index (χ0) is 37.5. The summed E-state index contributed by atoms with van der Waals surface area (Å²) in [4.78, 5) is 11.3. The van der Waals surface area contributed by atoms with Crippen molar-refractivity contribution in [2.24, 2.45) is 0 Å². The summed E-state index contributed by atoms with van der Waals surface area (Å²) in [6.07, 6.45) is 0. The number of hydrogen-bond acceptors (Lipinski definition) is 3. The predicted octanol–water partition coefficient (Wildman–Crippen LogP) is 14.0. The normalized spacial score (nSPS) is 11.9. The summed E-state index contributed by atoms with van der Waals surface area (Å²) < 4.78 is 7.18. The van der Waals surface area contributed by atoms with E-state index in [0.717, 1.165) is 71.9 Å². The third-order valence-corrected chi connectivity index (χ3v) is 12.6. The van der Waals surface area contributed by atoms with Gasteiger partial charge in [0.2, 0.25) is 0 Å². The molecule has 4 aromatic heterocycles. The summed E-state index contributed by atoms with van der Waals surface area (Å²) in [6.45, 7) is 0. The molecule has 0 radical (unpaired) electrons. The molecule has 0 aliphatic heterocycles. The van der Waals surface area contributed by atoms with E-state index >= 15 is 0 Å². The van der Waals surface area contributed by atoms with E-state index < -0.39 is 0 Å². The minimum atomic E-state index is 0.693. The zero-order valence-electron chi connectivity index (χ0n) is 30.7. The van der Waals surface area contributed by atoms with Crippen LogP contribution in [0, 0.1) is 0 Å². The zero-order valence-corrected chi connectivity index (χ0v) is 31.5. The van der Waals surface area contributed by atoms with Crippen LogP contribution >= 0.6 is 11.3 Å². The molecule has 0 amide bonds. The molecule has 0 fully saturated rings. The maximum Gasteiger partial charge on any atom is 0.162 e. The monoisotopic (exact) mass is 744 g/mol. The van der Waals surface area contributed by atoms with Crippen molar-refractivity contribution in [3.8, 4) is 45.1 Å². The molecule has 0 spiro atoms. The van der Waals surface area contributed by atoms with Crippen LogP contribution in [0.5, 0.6) is 0 Å². The second kappa shape index (κ2) is 12.6. The van der Waals surface area contributed by atoms with Crippen molar-refractivity contribution in [3.05, 3.63) is 194 Å². The average molecular weight is 745 g/mol. The van der Waals surface area contributed by atoms with Crippen molar-refractivity contribution >= 4 is 75.3 Å². The summed E-state index contributed by atoms with van der Waals surface area (Å²) >= 11 is 1.84. The Balaban J connectivity index is 1.24. The maximum absolute atomic E-state index is 5.71. The van der Waals surface area contributed by atoms with Gasteiger partial charge >= 0.3 is 0 Å². The molecule has 12 aromatic rings. The summed E-state index contributed by atoms with van der Waals surface area (Å²) in [6, 6.07) is 69.3. The van der Waals surface area contributed by atoms with E-state index in [1.807, 2.05) is 11.3 Å². The van der Waals surface area contributed by atoms with E-state index in [9.17, 15) is 0 Å². The lowest BCUT2D eigenvalue weighted by atomic mass is 10.00. The smallest absolute Gasteiger partial charge is 0.162 e. The Labute approximate surface area is 332 Å². The van der Waals surface area contributed by atoms with Crippen molar-refractivity contribution in [1.82, 2.24) is 19.1 Å². The highest BCUT2D eigenvalue weighted by molar-refractivity contribution is 7.26. The van der Waals surface area contributed by atoms with Crippen LogP contribution in [0.1, 0.15) is 0 Å². The van der Waals surface area contributed by atoms with Crippen LogP contribution in [0.4, 0.5) is 0 Å². The molecule has 57 heavy (non-hydrogen) atoms. The molecule has 4 nitrogen and oxygen atoms in total. The molecular formula is C52H32N4S. The van der Waals surface area contributed by atoms with Crippen LogP contribution < -0.4 is 0 Å². The number of nitrogens with zero attached hydrogens (tertiary/aromatic N) is 4. The van der Waals surface area contributed by atoms with E-state index in [1.54, 1.807) is 0 Å². The minimum absolute atomic E-state index is 0.693. The summed E-state index contributed by atoms with van der Waals surface area (Å²) in [5.74, 6) is 0.693. The van der Waals surface area contributed by atoms with Crippen LogP contribution in [-0.4, -0.2) is 19.1 Å². The molecule has 0 atom stereocenters. The first-order chi connectivity index (χ1) is 28.3. The molecule has 0 unspecified atom stereocenters. The summed E-state index contributed by atoms with van der Waals surface area (Å²) in [5.41, 5.74) is 11.8. The number of thiophene rings is 1. The van der Waals surface area contributed by atoms with Crippen LogP contribution in [0.3, 0.4) is 0 Å². The second-order valence-electron chi connectivity index (χ2n) is 14.5. The molecule has 0 saturated heterocycles. The first-order valence-corrected chi connectivity index (χ1v) is 20.1. The predicted molar refractivity (Wildman–Crippen MR) is 240 cm³/mol. The number of hydrogen-bond donors (Lipinski definition) is 0. The Morgan fingerprint density at radius 1 is 0.386 bits per heavy atom. The lowest BCUT2D eigenvalue weighted by Crippen LogP contribution is -2.00. The highest BCUT2D eigenvalue weighted by Crippen LogP contribution is 2.46. The Morgan fingerprint density at radius 2 is 1.00 bits per heavy atom. The van der Waals surface area contributed by atoms with Gasteiger partial charge in [0, 0.05) is 58.8 Å². The van der Waals surface area contributed by atoms with Crippen molar-refractivity contribution < 1.29 is 0 Å². The van der Waals surface area contributed by atoms with E-state index in [4.69, 9.17) is 9.97 Å².